The number of nitrogens with zero attached hydrogens (tertiary/aromatic N) is 4. The number of morpholine rings is 2. The average Bonchev–Trinajstić information content (AvgIpc) is 4.25. The summed E-state index contributed by atoms with van der Waals surface area (Å²) in [6.07, 6.45) is 3.28. The predicted octanol–water partition coefficient (Wildman–Crippen LogP) is 11.1. The molecule has 344 valence electrons. The van der Waals surface area contributed by atoms with Crippen LogP contribution in [0.1, 0.15) is 27.0 Å². The number of thiazole rings is 2. The topological polar surface area (TPSA) is 126 Å². The molecule has 0 radical (unpaired) electrons. The van der Waals surface area contributed by atoms with E-state index in [0.29, 0.717) is 12.0 Å². The lowest BCUT2D eigenvalue weighted by Gasteiger charge is -2.28. The predicted molar refractivity (Wildman–Crippen MR) is 279 cm³/mol. The van der Waals surface area contributed by atoms with Gasteiger partial charge in [-0.05, 0) is 77.9 Å². The molecule has 6 aromatic carbocycles. The summed E-state index contributed by atoms with van der Waals surface area (Å²) in [5, 5.41) is 12.0. The van der Waals surface area contributed by atoms with Crippen LogP contribution in [-0.4, -0.2) is 80.7 Å². The highest BCUT2D eigenvalue weighted by atomic mass is 32.1. The van der Waals surface area contributed by atoms with Crippen molar-refractivity contribution in [2.45, 2.75) is 6.42 Å². The lowest BCUT2D eigenvalue weighted by atomic mass is 10.0. The van der Waals surface area contributed by atoms with Crippen LogP contribution in [0.2, 0.25) is 0 Å². The molecule has 69 heavy (non-hydrogen) atoms. The summed E-state index contributed by atoms with van der Waals surface area (Å²) in [5.41, 5.74) is 14.6. The number of aromatic nitrogens is 2. The molecule has 0 unspecified atom stereocenters. The van der Waals surface area contributed by atoms with E-state index >= 15 is 0 Å². The molecule has 11 nitrogen and oxygen atoms in total. The van der Waals surface area contributed by atoms with Gasteiger partial charge in [-0.1, -0.05) is 84.9 Å². The second-order valence-corrected chi connectivity index (χ2v) is 18.4. The SMILES string of the molecule is O=C1Cc2cc(-c3csc(-c4ccccc4)n3)ccc2N1.O=C1Nc2ccc(-c3csc(-c4ccccc4)n3)cc2/C1=C/c1ccc(N2CCOCC2)cc1.O=Cc1ccc(N2CCOCC2)cc1. The van der Waals surface area contributed by atoms with E-state index in [2.05, 4.69) is 91.9 Å². The van der Waals surface area contributed by atoms with E-state index in [1.165, 1.54) is 11.4 Å². The highest BCUT2D eigenvalue weighted by Gasteiger charge is 2.25. The molecule has 4 aliphatic heterocycles. The maximum Gasteiger partial charge on any atom is 0.256 e. The summed E-state index contributed by atoms with van der Waals surface area (Å²) >= 11 is 3.27. The molecular formula is C56H48N6O5S2. The number of hydrogen-bond donors (Lipinski definition) is 2. The van der Waals surface area contributed by atoms with Crippen LogP contribution in [0.3, 0.4) is 0 Å². The number of anilines is 4. The molecule has 0 atom stereocenters. The minimum Gasteiger partial charge on any atom is -0.378 e. The number of nitrogens with one attached hydrogen (secondary N) is 2. The largest absolute Gasteiger partial charge is 0.378 e. The van der Waals surface area contributed by atoms with Crippen molar-refractivity contribution in [2.24, 2.45) is 0 Å². The lowest BCUT2D eigenvalue weighted by molar-refractivity contribution is -0.115. The van der Waals surface area contributed by atoms with E-state index in [0.717, 1.165) is 136 Å². The van der Waals surface area contributed by atoms with Gasteiger partial charge in [0.15, 0.2) is 0 Å². The molecule has 2 fully saturated rings. The number of fused-ring (bicyclic) bond motifs is 2. The summed E-state index contributed by atoms with van der Waals surface area (Å²) in [6.45, 7) is 6.77. The van der Waals surface area contributed by atoms with Crippen molar-refractivity contribution >= 4 is 75.2 Å². The Bertz CT molecular complexity index is 3110. The fraction of sp³-hybridized carbons (Fsp3) is 0.161. The molecule has 12 rings (SSSR count). The van der Waals surface area contributed by atoms with Gasteiger partial charge in [0, 0.05) is 98.6 Å². The Morgan fingerprint density at radius 2 is 1.04 bits per heavy atom. The van der Waals surface area contributed by atoms with Gasteiger partial charge in [0.05, 0.1) is 44.2 Å². The van der Waals surface area contributed by atoms with E-state index in [1.807, 2.05) is 91.0 Å². The molecule has 6 heterocycles. The molecule has 8 aromatic rings. The van der Waals surface area contributed by atoms with Crippen LogP contribution in [-0.2, 0) is 25.5 Å². The third kappa shape index (κ3) is 10.8. The van der Waals surface area contributed by atoms with Crippen molar-refractivity contribution in [1.29, 1.82) is 0 Å². The number of rotatable bonds is 8. The fourth-order valence-electron chi connectivity index (χ4n) is 8.47. The van der Waals surface area contributed by atoms with Gasteiger partial charge < -0.3 is 29.9 Å². The van der Waals surface area contributed by atoms with Crippen molar-refractivity contribution in [3.8, 4) is 43.7 Å². The average molecular weight is 949 g/mol. The number of ether oxygens (including phenoxy) is 2. The molecule has 4 aliphatic rings. The number of carbonyl (C=O) groups is 3. The van der Waals surface area contributed by atoms with E-state index in [-0.39, 0.29) is 11.8 Å². The van der Waals surface area contributed by atoms with Crippen molar-refractivity contribution in [2.75, 3.05) is 73.0 Å². The minimum atomic E-state index is -0.0762. The molecule has 2 N–H and O–H groups in total. The van der Waals surface area contributed by atoms with Crippen LogP contribution in [0.4, 0.5) is 22.7 Å². The summed E-state index contributed by atoms with van der Waals surface area (Å²) < 4.78 is 10.7. The van der Waals surface area contributed by atoms with Crippen molar-refractivity contribution in [3.63, 3.8) is 0 Å². The van der Waals surface area contributed by atoms with E-state index in [1.54, 1.807) is 22.7 Å². The molecular weight excluding hydrogens is 901 g/mol. The third-order valence-electron chi connectivity index (χ3n) is 12.2. The quantitative estimate of drug-likeness (QED) is 0.113. The van der Waals surface area contributed by atoms with Crippen LogP contribution in [0, 0.1) is 0 Å². The number of carbonyl (C=O) groups excluding carboxylic acids is 3. The highest BCUT2D eigenvalue weighted by Crippen LogP contribution is 2.38. The normalized spacial score (nSPS) is 15.5. The Hall–Kier alpha value is -7.55. The van der Waals surface area contributed by atoms with Crippen LogP contribution in [0.25, 0.3) is 55.3 Å². The zero-order valence-corrected chi connectivity index (χ0v) is 39.3. The standard InChI is InChI=1S/C28H23N3O2S.C17H12N2OS.C11H13NO2/c32-27-24(16-19-6-9-22(10-7-19)31-12-14-33-15-13-31)23-17-21(8-11-25(23)29-27)26-18-34-28(30-26)20-4-2-1-3-5-20;20-16-9-13-8-12(6-7-14(13)18-16)15-10-21-17(19-15)11-4-2-1-3-5-11;13-9-10-1-3-11(4-2-10)12-5-7-14-8-6-12/h1-11,16-18H,12-15H2,(H,29,32);1-8,10H,9H2,(H,18,20);1-4,9H,5-8H2/b24-16-;;. The first-order chi connectivity index (χ1) is 33.9. The molecule has 2 amide bonds. The molecule has 0 aliphatic carbocycles. The second-order valence-electron chi connectivity index (χ2n) is 16.7. The third-order valence-corrected chi connectivity index (χ3v) is 13.9. The lowest BCUT2D eigenvalue weighted by Crippen LogP contribution is -2.36. The van der Waals surface area contributed by atoms with Crippen LogP contribution < -0.4 is 20.4 Å². The Morgan fingerprint density at radius 3 is 1.58 bits per heavy atom. The van der Waals surface area contributed by atoms with E-state index < -0.39 is 0 Å². The fourth-order valence-corrected chi connectivity index (χ4v) is 10.1. The summed E-state index contributed by atoms with van der Waals surface area (Å²) in [4.78, 5) is 48.8. The highest BCUT2D eigenvalue weighted by molar-refractivity contribution is 7.13. The van der Waals surface area contributed by atoms with Crippen molar-refractivity contribution < 1.29 is 23.9 Å². The molecule has 0 bridgehead atoms. The maximum absolute atomic E-state index is 12.8. The van der Waals surface area contributed by atoms with Gasteiger partial charge in [-0.15, -0.1) is 22.7 Å². The maximum atomic E-state index is 12.8. The second kappa shape index (κ2) is 21.2. The molecule has 0 spiro atoms. The number of aldehydes is 1. The number of hydrogen-bond acceptors (Lipinski definition) is 11. The van der Waals surface area contributed by atoms with Crippen LogP contribution >= 0.6 is 22.7 Å². The summed E-state index contributed by atoms with van der Waals surface area (Å²) in [5.74, 6) is -0.0157. The van der Waals surface area contributed by atoms with Crippen molar-refractivity contribution in [3.05, 3.63) is 179 Å². The molecule has 2 saturated heterocycles. The van der Waals surface area contributed by atoms with Crippen LogP contribution in [0.5, 0.6) is 0 Å². The van der Waals surface area contributed by atoms with E-state index in [4.69, 9.17) is 19.4 Å². The first-order valence-corrected chi connectivity index (χ1v) is 24.6. The Balaban J connectivity index is 0.000000134. The number of amides is 2. The molecule has 0 saturated carbocycles. The Kier molecular flexibility index (Phi) is 13.9. The monoisotopic (exact) mass is 948 g/mol. The smallest absolute Gasteiger partial charge is 0.256 e. The van der Waals surface area contributed by atoms with Crippen LogP contribution in [0.15, 0.2) is 156 Å². The Morgan fingerprint density at radius 1 is 0.536 bits per heavy atom. The van der Waals surface area contributed by atoms with Gasteiger partial charge in [0.2, 0.25) is 5.91 Å². The molecule has 2 aromatic heterocycles. The first kappa shape index (κ1) is 45.2. The first-order valence-electron chi connectivity index (χ1n) is 22.9. The molecule has 13 heteroatoms. The number of benzene rings is 6. The van der Waals surface area contributed by atoms with Gasteiger partial charge in [0.1, 0.15) is 16.3 Å². The zero-order valence-electron chi connectivity index (χ0n) is 37.7. The van der Waals surface area contributed by atoms with Gasteiger partial charge in [-0.2, -0.15) is 0 Å². The van der Waals surface area contributed by atoms with Gasteiger partial charge in [0.25, 0.3) is 5.91 Å². The van der Waals surface area contributed by atoms with Crippen molar-refractivity contribution in [1.82, 2.24) is 9.97 Å². The van der Waals surface area contributed by atoms with E-state index in [9.17, 15) is 14.4 Å². The Labute approximate surface area is 408 Å². The minimum absolute atomic E-state index is 0.0606. The zero-order chi connectivity index (χ0) is 46.9. The summed E-state index contributed by atoms with van der Waals surface area (Å²) in [7, 11) is 0. The van der Waals surface area contributed by atoms with Gasteiger partial charge >= 0.3 is 0 Å². The van der Waals surface area contributed by atoms with Gasteiger partial charge in [-0.25, -0.2) is 9.97 Å². The van der Waals surface area contributed by atoms with Gasteiger partial charge in [-0.3, -0.25) is 14.4 Å². The summed E-state index contributed by atoms with van der Waals surface area (Å²) in [6, 6.07) is 48.4.